The molecular weight excluding hydrogens is 360 g/mol. The number of carbonyl (C=O) groups excluding carboxylic acids is 2. The van der Waals surface area contributed by atoms with Crippen LogP contribution in [0, 0.1) is 0 Å². The fourth-order valence-electron chi connectivity index (χ4n) is 2.90. The maximum Gasteiger partial charge on any atom is 0.314 e. The van der Waals surface area contributed by atoms with Crippen LogP contribution in [0.25, 0.3) is 0 Å². The van der Waals surface area contributed by atoms with Gasteiger partial charge in [-0.05, 0) is 55.8 Å². The standard InChI is InChI=1S/C20H24N4O2S/c1-23-10-12-24(13-11-23)17-8-6-15(7-9-17)21-19(25)20(26)22-16-4-3-5-18(14-16)27-2/h3-9,14H,10-13H2,1-2H3,(H,21,25)(H,22,26). The molecule has 0 unspecified atom stereocenters. The molecule has 0 atom stereocenters. The summed E-state index contributed by atoms with van der Waals surface area (Å²) in [6.07, 6.45) is 1.96. The number of nitrogens with zero attached hydrogens (tertiary/aromatic N) is 2. The van der Waals surface area contributed by atoms with Crippen LogP contribution < -0.4 is 15.5 Å². The molecule has 142 valence electrons. The normalized spacial score (nSPS) is 14.7. The zero-order valence-corrected chi connectivity index (χ0v) is 16.4. The molecule has 2 N–H and O–H groups in total. The summed E-state index contributed by atoms with van der Waals surface area (Å²) in [6, 6.07) is 15.0. The minimum atomic E-state index is -0.684. The summed E-state index contributed by atoms with van der Waals surface area (Å²) in [5, 5.41) is 5.27. The van der Waals surface area contributed by atoms with Crippen molar-refractivity contribution >= 4 is 40.6 Å². The molecule has 0 bridgehead atoms. The van der Waals surface area contributed by atoms with Gasteiger partial charge < -0.3 is 20.4 Å². The monoisotopic (exact) mass is 384 g/mol. The molecule has 0 saturated carbocycles. The molecule has 0 aliphatic carbocycles. The molecule has 2 aromatic carbocycles. The minimum absolute atomic E-state index is 0.603. The molecule has 0 radical (unpaired) electrons. The highest BCUT2D eigenvalue weighted by Gasteiger charge is 2.16. The lowest BCUT2D eigenvalue weighted by Crippen LogP contribution is -2.44. The summed E-state index contributed by atoms with van der Waals surface area (Å²) >= 11 is 1.58. The van der Waals surface area contributed by atoms with E-state index in [1.165, 1.54) is 0 Å². The number of thioether (sulfide) groups is 1. The number of nitrogens with one attached hydrogen (secondary N) is 2. The first-order valence-corrected chi connectivity index (χ1v) is 10.1. The zero-order chi connectivity index (χ0) is 19.2. The van der Waals surface area contributed by atoms with E-state index in [4.69, 9.17) is 0 Å². The summed E-state index contributed by atoms with van der Waals surface area (Å²) < 4.78 is 0. The first kappa shape index (κ1) is 19.3. The van der Waals surface area contributed by atoms with Crippen molar-refractivity contribution in [1.82, 2.24) is 4.90 Å². The van der Waals surface area contributed by atoms with E-state index in [0.717, 1.165) is 36.8 Å². The predicted octanol–water partition coefficient (Wildman–Crippen LogP) is 2.74. The van der Waals surface area contributed by atoms with Crippen molar-refractivity contribution in [1.29, 1.82) is 0 Å². The third kappa shape index (κ3) is 5.24. The van der Waals surface area contributed by atoms with Gasteiger partial charge in [-0.3, -0.25) is 9.59 Å². The topological polar surface area (TPSA) is 64.7 Å². The average Bonchev–Trinajstić information content (AvgIpc) is 2.69. The second-order valence-corrected chi connectivity index (χ2v) is 7.36. The van der Waals surface area contributed by atoms with Crippen molar-refractivity contribution in [3.63, 3.8) is 0 Å². The highest BCUT2D eigenvalue weighted by atomic mass is 32.2. The molecule has 1 fully saturated rings. The van der Waals surface area contributed by atoms with Crippen molar-refractivity contribution in [2.45, 2.75) is 4.90 Å². The summed E-state index contributed by atoms with van der Waals surface area (Å²) in [5.41, 5.74) is 2.33. The van der Waals surface area contributed by atoms with Crippen LogP contribution in [-0.2, 0) is 9.59 Å². The Balaban J connectivity index is 1.56. The van der Waals surface area contributed by atoms with Crippen molar-refractivity contribution < 1.29 is 9.59 Å². The number of amides is 2. The van der Waals surface area contributed by atoms with Crippen LogP contribution >= 0.6 is 11.8 Å². The van der Waals surface area contributed by atoms with Crippen LogP contribution in [0.15, 0.2) is 53.4 Å². The number of hydrogen-bond acceptors (Lipinski definition) is 5. The largest absolute Gasteiger partial charge is 0.369 e. The highest BCUT2D eigenvalue weighted by molar-refractivity contribution is 7.98. The molecule has 6 nitrogen and oxygen atoms in total. The Morgan fingerprint density at radius 1 is 0.889 bits per heavy atom. The van der Waals surface area contributed by atoms with Gasteiger partial charge in [-0.25, -0.2) is 0 Å². The number of rotatable bonds is 4. The van der Waals surface area contributed by atoms with Crippen LogP contribution in [0.3, 0.4) is 0 Å². The first-order chi connectivity index (χ1) is 13.0. The van der Waals surface area contributed by atoms with E-state index in [0.29, 0.717) is 11.4 Å². The number of anilines is 3. The van der Waals surface area contributed by atoms with Gasteiger partial charge >= 0.3 is 11.8 Å². The minimum Gasteiger partial charge on any atom is -0.369 e. The SMILES string of the molecule is CSc1cccc(NC(=O)C(=O)Nc2ccc(N3CCN(C)CC3)cc2)c1. The molecule has 2 amide bonds. The van der Waals surface area contributed by atoms with Crippen LogP contribution in [-0.4, -0.2) is 56.2 Å². The lowest BCUT2D eigenvalue weighted by Gasteiger charge is -2.34. The molecule has 2 aromatic rings. The third-order valence-electron chi connectivity index (χ3n) is 4.53. The summed E-state index contributed by atoms with van der Waals surface area (Å²) in [4.78, 5) is 29.9. The Hall–Kier alpha value is -2.51. The van der Waals surface area contributed by atoms with Gasteiger partial charge in [0.15, 0.2) is 0 Å². The van der Waals surface area contributed by atoms with E-state index >= 15 is 0 Å². The third-order valence-corrected chi connectivity index (χ3v) is 5.25. The van der Waals surface area contributed by atoms with E-state index < -0.39 is 11.8 Å². The number of hydrogen-bond donors (Lipinski definition) is 2. The maximum atomic E-state index is 12.1. The second-order valence-electron chi connectivity index (χ2n) is 6.48. The summed E-state index contributed by atoms with van der Waals surface area (Å²) in [6.45, 7) is 4.05. The molecular formula is C20H24N4O2S. The Morgan fingerprint density at radius 3 is 2.15 bits per heavy atom. The first-order valence-electron chi connectivity index (χ1n) is 8.85. The number of carbonyl (C=O) groups is 2. The lowest BCUT2D eigenvalue weighted by atomic mass is 10.2. The summed E-state index contributed by atoms with van der Waals surface area (Å²) in [5.74, 6) is -1.37. The van der Waals surface area contributed by atoms with E-state index in [2.05, 4.69) is 27.5 Å². The van der Waals surface area contributed by atoms with Gasteiger partial charge in [0.25, 0.3) is 0 Å². The van der Waals surface area contributed by atoms with Gasteiger partial charge in [-0.2, -0.15) is 0 Å². The van der Waals surface area contributed by atoms with Crippen molar-refractivity contribution in [2.24, 2.45) is 0 Å². The van der Waals surface area contributed by atoms with Crippen LogP contribution in [0.1, 0.15) is 0 Å². The van der Waals surface area contributed by atoms with Gasteiger partial charge in [-0.15, -0.1) is 11.8 Å². The Morgan fingerprint density at radius 2 is 1.52 bits per heavy atom. The highest BCUT2D eigenvalue weighted by Crippen LogP contribution is 2.20. The van der Waals surface area contributed by atoms with E-state index in [-0.39, 0.29) is 0 Å². The number of likely N-dealkylation sites (N-methyl/N-ethyl adjacent to an activating group) is 1. The molecule has 1 saturated heterocycles. The molecule has 7 heteroatoms. The van der Waals surface area contributed by atoms with Gasteiger partial charge in [-0.1, -0.05) is 6.07 Å². The predicted molar refractivity (Wildman–Crippen MR) is 112 cm³/mol. The lowest BCUT2D eigenvalue weighted by molar-refractivity contribution is -0.132. The molecule has 1 aliphatic rings. The van der Waals surface area contributed by atoms with Crippen molar-refractivity contribution in [2.75, 3.05) is 55.0 Å². The molecule has 27 heavy (non-hydrogen) atoms. The maximum absolute atomic E-state index is 12.1. The fraction of sp³-hybridized carbons (Fsp3) is 0.300. The van der Waals surface area contributed by atoms with E-state index in [9.17, 15) is 9.59 Å². The smallest absolute Gasteiger partial charge is 0.314 e. The van der Waals surface area contributed by atoms with Crippen LogP contribution in [0.5, 0.6) is 0 Å². The Bertz CT molecular complexity index is 802. The van der Waals surface area contributed by atoms with E-state index in [1.54, 1.807) is 17.8 Å². The van der Waals surface area contributed by atoms with Gasteiger partial charge in [0.1, 0.15) is 0 Å². The van der Waals surface area contributed by atoms with Gasteiger partial charge in [0, 0.05) is 48.1 Å². The van der Waals surface area contributed by atoms with Crippen molar-refractivity contribution in [3.05, 3.63) is 48.5 Å². The Kier molecular flexibility index (Phi) is 6.36. The van der Waals surface area contributed by atoms with E-state index in [1.807, 2.05) is 48.7 Å². The van der Waals surface area contributed by atoms with Crippen LogP contribution in [0.2, 0.25) is 0 Å². The average molecular weight is 385 g/mol. The zero-order valence-electron chi connectivity index (χ0n) is 15.6. The van der Waals surface area contributed by atoms with Crippen LogP contribution in [0.4, 0.5) is 17.1 Å². The van der Waals surface area contributed by atoms with Gasteiger partial charge in [0.2, 0.25) is 0 Å². The number of benzene rings is 2. The quantitative estimate of drug-likeness (QED) is 0.627. The van der Waals surface area contributed by atoms with Crippen molar-refractivity contribution in [3.8, 4) is 0 Å². The number of piperazine rings is 1. The summed E-state index contributed by atoms with van der Waals surface area (Å²) in [7, 11) is 2.12. The molecule has 1 heterocycles. The molecule has 0 aromatic heterocycles. The Labute approximate surface area is 163 Å². The molecule has 3 rings (SSSR count). The second kappa shape index (κ2) is 8.92. The molecule has 1 aliphatic heterocycles. The fourth-order valence-corrected chi connectivity index (χ4v) is 3.36. The molecule has 0 spiro atoms. The van der Waals surface area contributed by atoms with Gasteiger partial charge in [0.05, 0.1) is 0 Å².